The number of carbonyl (C=O) groups is 1. The van der Waals surface area contributed by atoms with Gasteiger partial charge < -0.3 is 9.84 Å². The van der Waals surface area contributed by atoms with Crippen molar-refractivity contribution >= 4 is 5.97 Å². The zero-order chi connectivity index (χ0) is 11.1. The van der Waals surface area contributed by atoms with Gasteiger partial charge in [0.15, 0.2) is 0 Å². The van der Waals surface area contributed by atoms with Crippen molar-refractivity contribution in [1.29, 1.82) is 0 Å². The Hall–Kier alpha value is -1.79. The number of rotatable bonds is 3. The van der Waals surface area contributed by atoms with E-state index < -0.39 is 5.97 Å². The lowest BCUT2D eigenvalue weighted by molar-refractivity contribution is -0.143. The summed E-state index contributed by atoms with van der Waals surface area (Å²) in [5, 5.41) is 8.37. The number of carboxylic acid groups (broad SMARTS) is 1. The molecule has 0 radical (unpaired) electrons. The summed E-state index contributed by atoms with van der Waals surface area (Å²) in [4.78, 5) is 10.2. The molecule has 3 nitrogen and oxygen atoms in total. The van der Waals surface area contributed by atoms with Crippen LogP contribution in [0.5, 0.6) is 0 Å². The van der Waals surface area contributed by atoms with Crippen molar-refractivity contribution in [1.82, 2.24) is 0 Å². The molecule has 0 saturated carbocycles. The van der Waals surface area contributed by atoms with Gasteiger partial charge in [0.2, 0.25) is 0 Å². The average Bonchev–Trinajstić information content (AvgIpc) is 2.25. The van der Waals surface area contributed by atoms with Crippen LogP contribution in [-0.2, 0) is 9.53 Å². The van der Waals surface area contributed by atoms with Gasteiger partial charge in [-0.05, 0) is 19.1 Å². The van der Waals surface area contributed by atoms with Crippen molar-refractivity contribution in [3.05, 3.63) is 35.9 Å². The minimum absolute atomic E-state index is 0.315. The minimum Gasteiger partial charge on any atom is -0.480 e. The van der Waals surface area contributed by atoms with Crippen LogP contribution >= 0.6 is 0 Å². The van der Waals surface area contributed by atoms with Crippen LogP contribution in [0.1, 0.15) is 12.5 Å². The van der Waals surface area contributed by atoms with Crippen LogP contribution in [-0.4, -0.2) is 23.8 Å². The highest BCUT2D eigenvalue weighted by molar-refractivity contribution is 5.68. The number of carboxylic acids is 1. The van der Waals surface area contributed by atoms with Gasteiger partial charge in [0, 0.05) is 5.56 Å². The Bertz CT molecular complexity index is 373. The van der Waals surface area contributed by atoms with Gasteiger partial charge in [0.05, 0.1) is 0 Å². The Morgan fingerprint density at radius 3 is 2.73 bits per heavy atom. The molecular formula is C12H12O3. The van der Waals surface area contributed by atoms with Crippen LogP contribution in [0.15, 0.2) is 30.3 Å². The van der Waals surface area contributed by atoms with Crippen LogP contribution in [0.25, 0.3) is 0 Å². The lowest BCUT2D eigenvalue weighted by atomic mass is 10.2. The highest BCUT2D eigenvalue weighted by atomic mass is 16.5. The fourth-order valence-electron chi connectivity index (χ4n) is 0.944. The highest BCUT2D eigenvalue weighted by Crippen LogP contribution is 1.96. The number of aliphatic carboxylic acids is 1. The topological polar surface area (TPSA) is 46.5 Å². The first-order chi connectivity index (χ1) is 7.18. The number of hydrogen-bond donors (Lipinski definition) is 1. The van der Waals surface area contributed by atoms with E-state index in [1.54, 1.807) is 6.92 Å². The summed E-state index contributed by atoms with van der Waals surface area (Å²) in [6.07, 6.45) is -0.374. The van der Waals surface area contributed by atoms with Gasteiger partial charge in [-0.25, -0.2) is 4.79 Å². The molecule has 15 heavy (non-hydrogen) atoms. The van der Waals surface area contributed by atoms with Crippen molar-refractivity contribution in [2.75, 3.05) is 6.61 Å². The number of benzene rings is 1. The fourth-order valence-corrected chi connectivity index (χ4v) is 0.944. The van der Waals surface area contributed by atoms with E-state index in [-0.39, 0.29) is 12.7 Å². The lowest BCUT2D eigenvalue weighted by Crippen LogP contribution is -2.13. The molecular weight excluding hydrogens is 192 g/mol. The maximum Gasteiger partial charge on any atom is 0.329 e. The summed E-state index contributed by atoms with van der Waals surface area (Å²) in [6, 6.07) is 9.48. The van der Waals surface area contributed by atoms with Crippen LogP contribution in [0.2, 0.25) is 0 Å². The normalized spacial score (nSPS) is 11.3. The molecule has 0 amide bonds. The average molecular weight is 204 g/mol. The molecule has 1 atom stereocenters. The second-order valence-electron chi connectivity index (χ2n) is 2.98. The molecule has 0 spiro atoms. The number of hydrogen-bond acceptors (Lipinski definition) is 2. The van der Waals surface area contributed by atoms with E-state index in [0.29, 0.717) is 0 Å². The molecule has 1 N–H and O–H groups in total. The molecule has 1 aromatic carbocycles. The third kappa shape index (κ3) is 4.84. The number of ether oxygens (including phenoxy) is 1. The quantitative estimate of drug-likeness (QED) is 0.759. The molecule has 78 valence electrons. The van der Waals surface area contributed by atoms with E-state index in [1.165, 1.54) is 0 Å². The summed E-state index contributed by atoms with van der Waals surface area (Å²) in [7, 11) is 0. The molecule has 1 rings (SSSR count). The van der Waals surface area contributed by atoms with E-state index >= 15 is 0 Å². The predicted octanol–water partition coefficient (Wildman–Crippen LogP) is 1.53. The molecule has 3 heteroatoms. The highest BCUT2D eigenvalue weighted by Gasteiger charge is 2.00. The summed E-state index contributed by atoms with van der Waals surface area (Å²) < 4.78 is 4.95. The third-order valence-corrected chi connectivity index (χ3v) is 1.65. The molecule has 0 fully saturated rings. The van der Waals surface area contributed by atoms with E-state index in [2.05, 4.69) is 11.8 Å². The standard InChI is InChI=1S/C12H12O3/c1-10(15-9-12(13)14)7-8-11-5-3-2-4-6-11/h2-6,10H,9H2,1H3,(H,13,14). The van der Waals surface area contributed by atoms with E-state index in [4.69, 9.17) is 9.84 Å². The Labute approximate surface area is 88.7 Å². The fraction of sp³-hybridized carbons (Fsp3) is 0.250. The first-order valence-corrected chi connectivity index (χ1v) is 4.58. The summed E-state index contributed by atoms with van der Waals surface area (Å²) in [6.45, 7) is 1.41. The van der Waals surface area contributed by atoms with E-state index in [0.717, 1.165) is 5.56 Å². The summed E-state index contributed by atoms with van der Waals surface area (Å²) in [5.41, 5.74) is 0.892. The molecule has 1 aromatic rings. The minimum atomic E-state index is -0.983. The summed E-state index contributed by atoms with van der Waals surface area (Å²) in [5.74, 6) is 4.74. The Morgan fingerprint density at radius 2 is 2.13 bits per heavy atom. The van der Waals surface area contributed by atoms with Gasteiger partial charge in [-0.15, -0.1) is 0 Å². The Balaban J connectivity index is 2.47. The van der Waals surface area contributed by atoms with Gasteiger partial charge in [-0.1, -0.05) is 30.0 Å². The Kier molecular flexibility index (Phi) is 4.39. The van der Waals surface area contributed by atoms with Gasteiger partial charge in [-0.3, -0.25) is 0 Å². The second kappa shape index (κ2) is 5.84. The largest absolute Gasteiger partial charge is 0.480 e. The van der Waals surface area contributed by atoms with Crippen molar-refractivity contribution in [3.8, 4) is 11.8 Å². The van der Waals surface area contributed by atoms with Crippen molar-refractivity contribution in [3.63, 3.8) is 0 Å². The van der Waals surface area contributed by atoms with E-state index in [9.17, 15) is 4.79 Å². The Morgan fingerprint density at radius 1 is 1.47 bits per heavy atom. The third-order valence-electron chi connectivity index (χ3n) is 1.65. The van der Waals surface area contributed by atoms with Crippen LogP contribution < -0.4 is 0 Å². The van der Waals surface area contributed by atoms with Crippen LogP contribution in [0.3, 0.4) is 0 Å². The maximum absolute atomic E-state index is 10.2. The molecule has 1 unspecified atom stereocenters. The van der Waals surface area contributed by atoms with Crippen molar-refractivity contribution < 1.29 is 14.6 Å². The second-order valence-corrected chi connectivity index (χ2v) is 2.98. The molecule has 0 aliphatic rings. The predicted molar refractivity (Wildman–Crippen MR) is 56.4 cm³/mol. The van der Waals surface area contributed by atoms with E-state index in [1.807, 2.05) is 30.3 Å². The van der Waals surface area contributed by atoms with Crippen molar-refractivity contribution in [2.45, 2.75) is 13.0 Å². The van der Waals surface area contributed by atoms with Gasteiger partial charge in [0.1, 0.15) is 12.7 Å². The van der Waals surface area contributed by atoms with Gasteiger partial charge in [-0.2, -0.15) is 0 Å². The molecule has 0 bridgehead atoms. The lowest BCUT2D eigenvalue weighted by Gasteiger charge is -2.02. The molecule has 0 aromatic heterocycles. The first kappa shape index (κ1) is 11.3. The van der Waals surface area contributed by atoms with Crippen molar-refractivity contribution in [2.24, 2.45) is 0 Å². The smallest absolute Gasteiger partial charge is 0.329 e. The molecule has 0 aliphatic heterocycles. The zero-order valence-corrected chi connectivity index (χ0v) is 8.43. The maximum atomic E-state index is 10.2. The first-order valence-electron chi connectivity index (χ1n) is 4.58. The van der Waals surface area contributed by atoms with Gasteiger partial charge >= 0.3 is 5.97 Å². The molecule has 0 saturated heterocycles. The van der Waals surface area contributed by atoms with Crippen LogP contribution in [0.4, 0.5) is 0 Å². The molecule has 0 aliphatic carbocycles. The molecule has 0 heterocycles. The van der Waals surface area contributed by atoms with Gasteiger partial charge in [0.25, 0.3) is 0 Å². The summed E-state index contributed by atoms with van der Waals surface area (Å²) >= 11 is 0. The monoisotopic (exact) mass is 204 g/mol. The van der Waals surface area contributed by atoms with Crippen LogP contribution in [0, 0.1) is 11.8 Å². The zero-order valence-electron chi connectivity index (χ0n) is 8.43. The SMILES string of the molecule is CC(C#Cc1ccccc1)OCC(=O)O.